The predicted octanol–water partition coefficient (Wildman–Crippen LogP) is -0.389. The molecule has 0 N–H and O–H groups in total. The molecule has 1 aromatic carbocycles. The summed E-state index contributed by atoms with van der Waals surface area (Å²) in [6.07, 6.45) is 1.09. The van der Waals surface area contributed by atoms with Gasteiger partial charge in [-0.05, 0) is 13.0 Å². The third-order valence-corrected chi connectivity index (χ3v) is 2.98. The number of aryl methyl sites for hydroxylation is 1. The average molecular weight is 298 g/mol. The van der Waals surface area contributed by atoms with Crippen molar-refractivity contribution in [2.75, 3.05) is 13.2 Å². The molecule has 0 unspecified atom stereocenters. The largest absolute Gasteiger partial charge is 1.00 e. The SMILES string of the molecule is Cc1ccc(OC2CCOCC2)c([B-](F)(F)F)c1.[K+]. The summed E-state index contributed by atoms with van der Waals surface area (Å²) < 4.78 is 49.5. The summed E-state index contributed by atoms with van der Waals surface area (Å²) in [5.74, 6) is -0.0556. The van der Waals surface area contributed by atoms with Crippen LogP contribution < -0.4 is 61.6 Å². The van der Waals surface area contributed by atoms with Crippen LogP contribution in [0, 0.1) is 6.92 Å². The molecule has 0 spiro atoms. The number of rotatable bonds is 3. The van der Waals surface area contributed by atoms with E-state index in [0.29, 0.717) is 31.6 Å². The first-order chi connectivity index (χ1) is 8.47. The van der Waals surface area contributed by atoms with Crippen molar-refractivity contribution >= 4 is 12.4 Å². The molecule has 100 valence electrons. The Morgan fingerprint density at radius 1 is 1.21 bits per heavy atom. The summed E-state index contributed by atoms with van der Waals surface area (Å²) >= 11 is 0. The predicted molar refractivity (Wildman–Crippen MR) is 64.4 cm³/mol. The van der Waals surface area contributed by atoms with Crippen LogP contribution >= 0.6 is 0 Å². The van der Waals surface area contributed by atoms with Gasteiger partial charge in [0.05, 0.1) is 19.0 Å². The Morgan fingerprint density at radius 2 is 1.84 bits per heavy atom. The van der Waals surface area contributed by atoms with Gasteiger partial charge in [0.25, 0.3) is 0 Å². The van der Waals surface area contributed by atoms with Crippen LogP contribution in [-0.4, -0.2) is 26.3 Å². The molecule has 1 fully saturated rings. The maximum atomic E-state index is 12.9. The van der Waals surface area contributed by atoms with E-state index in [1.54, 1.807) is 13.0 Å². The van der Waals surface area contributed by atoms with Crippen LogP contribution in [0.15, 0.2) is 18.2 Å². The van der Waals surface area contributed by atoms with Gasteiger partial charge in [-0.15, -0.1) is 0 Å². The van der Waals surface area contributed by atoms with Crippen molar-refractivity contribution in [1.29, 1.82) is 0 Å². The van der Waals surface area contributed by atoms with Gasteiger partial charge < -0.3 is 22.4 Å². The van der Waals surface area contributed by atoms with Crippen molar-refractivity contribution in [3.63, 3.8) is 0 Å². The quantitative estimate of drug-likeness (QED) is 0.708. The molecule has 1 saturated heterocycles. The minimum atomic E-state index is -5.04. The van der Waals surface area contributed by atoms with Gasteiger partial charge in [0.1, 0.15) is 6.10 Å². The van der Waals surface area contributed by atoms with E-state index < -0.39 is 12.4 Å². The van der Waals surface area contributed by atoms with E-state index >= 15 is 0 Å². The summed E-state index contributed by atoms with van der Waals surface area (Å²) in [6.45, 7) is -2.31. The molecular weight excluding hydrogens is 283 g/mol. The monoisotopic (exact) mass is 298 g/mol. The van der Waals surface area contributed by atoms with E-state index in [4.69, 9.17) is 9.47 Å². The van der Waals surface area contributed by atoms with Crippen LogP contribution in [0.1, 0.15) is 18.4 Å². The van der Waals surface area contributed by atoms with E-state index in [9.17, 15) is 12.9 Å². The average Bonchev–Trinajstić information content (AvgIpc) is 2.31. The minimum Gasteiger partial charge on any atom is -0.493 e. The third-order valence-electron chi connectivity index (χ3n) is 2.98. The summed E-state index contributed by atoms with van der Waals surface area (Å²) in [6, 6.07) is 4.20. The first-order valence-corrected chi connectivity index (χ1v) is 6.02. The Kier molecular flexibility index (Phi) is 6.89. The second-order valence-electron chi connectivity index (χ2n) is 4.55. The molecule has 0 amide bonds. The molecule has 2 nitrogen and oxygen atoms in total. The van der Waals surface area contributed by atoms with Gasteiger partial charge in [-0.2, -0.15) is 0 Å². The zero-order valence-electron chi connectivity index (χ0n) is 11.2. The number of hydrogen-bond acceptors (Lipinski definition) is 2. The van der Waals surface area contributed by atoms with Crippen molar-refractivity contribution in [2.45, 2.75) is 25.9 Å². The topological polar surface area (TPSA) is 18.5 Å². The Morgan fingerprint density at radius 3 is 2.42 bits per heavy atom. The van der Waals surface area contributed by atoms with Crippen LogP contribution in [0.3, 0.4) is 0 Å². The molecule has 19 heavy (non-hydrogen) atoms. The first kappa shape index (κ1) is 17.5. The van der Waals surface area contributed by atoms with Gasteiger partial charge >= 0.3 is 58.4 Å². The fourth-order valence-electron chi connectivity index (χ4n) is 2.00. The van der Waals surface area contributed by atoms with Crippen LogP contribution in [0.5, 0.6) is 5.75 Å². The van der Waals surface area contributed by atoms with Crippen molar-refractivity contribution in [3.05, 3.63) is 23.8 Å². The molecular formula is C12H15BF3KO2. The van der Waals surface area contributed by atoms with E-state index in [1.165, 1.54) is 6.07 Å². The summed E-state index contributed by atoms with van der Waals surface area (Å²) in [5, 5.41) is 0. The Balaban J connectivity index is 0.00000180. The molecule has 1 aliphatic rings. The smallest absolute Gasteiger partial charge is 0.493 e. The van der Waals surface area contributed by atoms with E-state index in [1.807, 2.05) is 0 Å². The van der Waals surface area contributed by atoms with Crippen molar-refractivity contribution < 1.29 is 73.8 Å². The number of halogens is 3. The molecule has 1 heterocycles. The molecule has 0 saturated carbocycles. The summed E-state index contributed by atoms with van der Waals surface area (Å²) in [4.78, 5) is 0. The van der Waals surface area contributed by atoms with Crippen LogP contribution in [0.2, 0.25) is 0 Å². The molecule has 0 radical (unpaired) electrons. The Bertz CT molecular complexity index is 420. The van der Waals surface area contributed by atoms with Crippen LogP contribution in [0.4, 0.5) is 12.9 Å². The fraction of sp³-hybridized carbons (Fsp3) is 0.500. The van der Waals surface area contributed by atoms with E-state index in [-0.39, 0.29) is 63.2 Å². The molecule has 0 aliphatic carbocycles. The van der Waals surface area contributed by atoms with Gasteiger partial charge in [0.2, 0.25) is 0 Å². The Hall–Kier alpha value is 0.471. The molecule has 2 rings (SSSR count). The van der Waals surface area contributed by atoms with Gasteiger partial charge in [-0.3, -0.25) is 0 Å². The second-order valence-corrected chi connectivity index (χ2v) is 4.55. The van der Waals surface area contributed by atoms with Crippen molar-refractivity contribution in [2.24, 2.45) is 0 Å². The molecule has 1 aromatic rings. The fourth-order valence-corrected chi connectivity index (χ4v) is 2.00. The summed E-state index contributed by atoms with van der Waals surface area (Å²) in [7, 11) is 0. The van der Waals surface area contributed by atoms with E-state index in [2.05, 4.69) is 0 Å². The standard InChI is InChI=1S/C12H15BF3O2.K/c1-9-2-3-12(11(8-9)13(14,15)16)18-10-4-6-17-7-5-10;/h2-3,8,10H,4-7H2,1H3;/q-1;+1. The van der Waals surface area contributed by atoms with Crippen molar-refractivity contribution in [3.8, 4) is 5.75 Å². The van der Waals surface area contributed by atoms with Gasteiger partial charge in [-0.25, -0.2) is 0 Å². The molecule has 0 atom stereocenters. The number of benzene rings is 1. The maximum Gasteiger partial charge on any atom is 1.00 e. The van der Waals surface area contributed by atoms with Crippen LogP contribution in [-0.2, 0) is 4.74 Å². The minimum absolute atomic E-state index is 0. The normalized spacial score (nSPS) is 16.8. The van der Waals surface area contributed by atoms with Crippen LogP contribution in [0.25, 0.3) is 0 Å². The molecule has 1 aliphatic heterocycles. The van der Waals surface area contributed by atoms with Gasteiger partial charge in [0.15, 0.2) is 0 Å². The zero-order chi connectivity index (χ0) is 13.2. The van der Waals surface area contributed by atoms with Gasteiger partial charge in [0, 0.05) is 12.8 Å². The van der Waals surface area contributed by atoms with E-state index in [0.717, 1.165) is 6.07 Å². The molecule has 7 heteroatoms. The zero-order valence-corrected chi connectivity index (χ0v) is 14.3. The molecule has 0 bridgehead atoms. The van der Waals surface area contributed by atoms with Gasteiger partial charge in [-0.1, -0.05) is 23.2 Å². The Labute approximate surface area is 153 Å². The molecule has 0 aromatic heterocycles. The first-order valence-electron chi connectivity index (χ1n) is 6.02. The third kappa shape index (κ3) is 5.06. The number of ether oxygens (including phenoxy) is 2. The van der Waals surface area contributed by atoms with Crippen molar-refractivity contribution in [1.82, 2.24) is 0 Å². The maximum absolute atomic E-state index is 12.9. The summed E-state index contributed by atoms with van der Waals surface area (Å²) in [5.41, 5.74) is -0.0509. The number of hydrogen-bond donors (Lipinski definition) is 0. The second kappa shape index (κ2) is 7.47.